The third-order valence-corrected chi connectivity index (χ3v) is 7.23. The Morgan fingerprint density at radius 3 is 2.58 bits per heavy atom. The van der Waals surface area contributed by atoms with Crippen LogP contribution < -0.4 is 5.43 Å². The van der Waals surface area contributed by atoms with E-state index in [1.165, 1.54) is 21.3 Å². The van der Waals surface area contributed by atoms with Crippen molar-refractivity contribution in [3.8, 4) is 0 Å². The van der Waals surface area contributed by atoms with Gasteiger partial charge in [-0.25, -0.2) is 13.8 Å². The van der Waals surface area contributed by atoms with Crippen LogP contribution in [-0.2, 0) is 10.0 Å². The van der Waals surface area contributed by atoms with Crippen molar-refractivity contribution in [2.24, 2.45) is 5.10 Å². The van der Waals surface area contributed by atoms with Crippen molar-refractivity contribution >= 4 is 33.0 Å². The Morgan fingerprint density at radius 1 is 1.19 bits per heavy atom. The maximum Gasteiger partial charge on any atom is 0.271 e. The van der Waals surface area contributed by atoms with Crippen molar-refractivity contribution in [2.75, 3.05) is 13.1 Å². The van der Waals surface area contributed by atoms with E-state index in [2.05, 4.69) is 10.5 Å². The van der Waals surface area contributed by atoms with Crippen LogP contribution in [-0.4, -0.2) is 37.4 Å². The monoisotopic (exact) mass is 391 g/mol. The molecule has 0 saturated carbocycles. The van der Waals surface area contributed by atoms with Crippen LogP contribution in [0.2, 0.25) is 0 Å². The Labute approximate surface area is 157 Å². The zero-order chi connectivity index (χ0) is 18.7. The molecule has 1 amide bonds. The van der Waals surface area contributed by atoms with E-state index in [9.17, 15) is 13.2 Å². The number of hydrogen-bond acceptors (Lipinski definition) is 5. The molecule has 1 saturated heterocycles. The van der Waals surface area contributed by atoms with Crippen molar-refractivity contribution < 1.29 is 13.2 Å². The summed E-state index contributed by atoms with van der Waals surface area (Å²) >= 11 is 1.60. The molecule has 3 rings (SSSR count). The predicted octanol–water partition coefficient (Wildman–Crippen LogP) is 3.00. The maximum atomic E-state index is 12.6. The first-order valence-corrected chi connectivity index (χ1v) is 10.7. The highest BCUT2D eigenvalue weighted by Gasteiger charge is 2.27. The third kappa shape index (κ3) is 4.03. The van der Waals surface area contributed by atoms with E-state index in [4.69, 9.17) is 0 Å². The molecule has 0 atom stereocenters. The van der Waals surface area contributed by atoms with Gasteiger partial charge in [-0.1, -0.05) is 6.07 Å². The summed E-state index contributed by atoms with van der Waals surface area (Å²) in [7, 11) is -3.55. The molecule has 6 nitrogen and oxygen atoms in total. The average molecular weight is 392 g/mol. The van der Waals surface area contributed by atoms with E-state index in [1.54, 1.807) is 23.5 Å². The minimum absolute atomic E-state index is 0.140. The van der Waals surface area contributed by atoms with Crippen LogP contribution in [0, 0.1) is 6.92 Å². The lowest BCUT2D eigenvalue weighted by Gasteiger charge is -2.15. The highest BCUT2D eigenvalue weighted by molar-refractivity contribution is 7.89. The molecular formula is C18H21N3O3S2. The number of hydrogen-bond donors (Lipinski definition) is 1. The fraction of sp³-hybridized carbons (Fsp3) is 0.333. The number of nitrogens with zero attached hydrogens (tertiary/aromatic N) is 2. The average Bonchev–Trinajstić information content (AvgIpc) is 3.31. The molecule has 1 fully saturated rings. The van der Waals surface area contributed by atoms with E-state index in [1.807, 2.05) is 26.0 Å². The Balaban J connectivity index is 1.76. The second kappa shape index (κ2) is 7.69. The number of carbonyl (C=O) groups is 1. The van der Waals surface area contributed by atoms with E-state index in [0.717, 1.165) is 17.7 Å². The third-order valence-electron chi connectivity index (χ3n) is 4.22. The summed E-state index contributed by atoms with van der Waals surface area (Å²) in [4.78, 5) is 14.7. The van der Waals surface area contributed by atoms with E-state index < -0.39 is 15.9 Å². The highest BCUT2D eigenvalue weighted by atomic mass is 32.2. The molecule has 1 aliphatic heterocycles. The summed E-state index contributed by atoms with van der Waals surface area (Å²) in [5, 5.41) is 4.12. The van der Waals surface area contributed by atoms with Crippen molar-refractivity contribution in [1.29, 1.82) is 0 Å². The van der Waals surface area contributed by atoms with Gasteiger partial charge in [0.25, 0.3) is 5.91 Å². The first kappa shape index (κ1) is 18.8. The fourth-order valence-corrected chi connectivity index (χ4v) is 5.13. The standard InChI is InChI=1S/C18H21N3O3S2/c1-13-8-9-17(25-13)14(2)19-20-18(22)15-6-5-7-16(12-15)26(23,24)21-10-3-4-11-21/h5-9,12H,3-4,10-11H2,1-2H3,(H,20,22)/b19-14-. The number of thiophene rings is 1. The summed E-state index contributed by atoms with van der Waals surface area (Å²) in [5.74, 6) is -0.434. The zero-order valence-electron chi connectivity index (χ0n) is 14.7. The number of hydrazone groups is 1. The second-order valence-corrected chi connectivity index (χ2v) is 9.41. The molecule has 0 aliphatic carbocycles. The molecule has 0 unspecified atom stereocenters. The number of amides is 1. The lowest BCUT2D eigenvalue weighted by Crippen LogP contribution is -2.28. The van der Waals surface area contributed by atoms with Crippen LogP contribution >= 0.6 is 11.3 Å². The van der Waals surface area contributed by atoms with Gasteiger partial charge in [0.1, 0.15) is 0 Å². The number of benzene rings is 1. The van der Waals surface area contributed by atoms with Crippen molar-refractivity contribution in [1.82, 2.24) is 9.73 Å². The number of aryl methyl sites for hydroxylation is 1. The Morgan fingerprint density at radius 2 is 1.92 bits per heavy atom. The second-order valence-electron chi connectivity index (χ2n) is 6.19. The first-order valence-electron chi connectivity index (χ1n) is 8.39. The lowest BCUT2D eigenvalue weighted by molar-refractivity contribution is 0.0954. The van der Waals surface area contributed by atoms with Gasteiger partial charge in [0, 0.05) is 23.5 Å². The van der Waals surface area contributed by atoms with Gasteiger partial charge in [-0.05, 0) is 57.0 Å². The molecule has 2 aromatic rings. The number of rotatable bonds is 5. The number of sulfonamides is 1. The molecule has 1 aliphatic rings. The molecule has 8 heteroatoms. The van der Waals surface area contributed by atoms with Crippen LogP contribution in [0.4, 0.5) is 0 Å². The Hall–Kier alpha value is -2.03. The van der Waals surface area contributed by atoms with E-state index in [-0.39, 0.29) is 10.5 Å². The Bertz CT molecular complexity index is 942. The van der Waals surface area contributed by atoms with Crippen molar-refractivity contribution in [3.05, 3.63) is 51.7 Å². The summed E-state index contributed by atoms with van der Waals surface area (Å²) in [6.45, 7) is 4.89. The van der Waals surface area contributed by atoms with Gasteiger partial charge in [-0.2, -0.15) is 9.41 Å². The fourth-order valence-electron chi connectivity index (χ4n) is 2.76. The van der Waals surface area contributed by atoms with Gasteiger partial charge in [0.2, 0.25) is 10.0 Å². The van der Waals surface area contributed by atoms with Gasteiger partial charge in [-0.15, -0.1) is 11.3 Å². The van der Waals surface area contributed by atoms with E-state index >= 15 is 0 Å². The summed E-state index contributed by atoms with van der Waals surface area (Å²) in [6.07, 6.45) is 1.74. The van der Waals surface area contributed by atoms with Crippen LogP contribution in [0.15, 0.2) is 46.4 Å². The highest BCUT2D eigenvalue weighted by Crippen LogP contribution is 2.21. The van der Waals surface area contributed by atoms with Gasteiger partial charge < -0.3 is 0 Å². The van der Waals surface area contributed by atoms with Gasteiger partial charge in [-0.3, -0.25) is 4.79 Å². The van der Waals surface area contributed by atoms with Crippen molar-refractivity contribution in [2.45, 2.75) is 31.6 Å². The molecule has 2 heterocycles. The van der Waals surface area contributed by atoms with Crippen LogP contribution in [0.25, 0.3) is 0 Å². The molecule has 0 bridgehead atoms. The minimum Gasteiger partial charge on any atom is -0.267 e. The molecule has 26 heavy (non-hydrogen) atoms. The smallest absolute Gasteiger partial charge is 0.267 e. The van der Waals surface area contributed by atoms with Gasteiger partial charge in [0.05, 0.1) is 15.5 Å². The largest absolute Gasteiger partial charge is 0.271 e. The molecular weight excluding hydrogens is 370 g/mol. The van der Waals surface area contributed by atoms with Gasteiger partial charge in [0.15, 0.2) is 0 Å². The zero-order valence-corrected chi connectivity index (χ0v) is 16.4. The summed E-state index contributed by atoms with van der Waals surface area (Å²) in [6, 6.07) is 10.0. The molecule has 1 aromatic carbocycles. The molecule has 1 aromatic heterocycles. The van der Waals surface area contributed by atoms with Crippen LogP contribution in [0.5, 0.6) is 0 Å². The summed E-state index contributed by atoms with van der Waals surface area (Å²) in [5.41, 5.74) is 3.48. The quantitative estimate of drug-likeness (QED) is 0.629. The first-order chi connectivity index (χ1) is 12.4. The molecule has 0 radical (unpaired) electrons. The maximum absolute atomic E-state index is 12.6. The lowest BCUT2D eigenvalue weighted by atomic mass is 10.2. The molecule has 138 valence electrons. The van der Waals surface area contributed by atoms with Crippen molar-refractivity contribution in [3.63, 3.8) is 0 Å². The summed E-state index contributed by atoms with van der Waals surface area (Å²) < 4.78 is 26.7. The van der Waals surface area contributed by atoms with E-state index in [0.29, 0.717) is 18.8 Å². The predicted molar refractivity (Wildman–Crippen MR) is 103 cm³/mol. The number of carbonyl (C=O) groups excluding carboxylic acids is 1. The normalized spacial score (nSPS) is 16.0. The Kier molecular flexibility index (Phi) is 5.55. The molecule has 1 N–H and O–H groups in total. The SMILES string of the molecule is C/C(=N/NC(=O)c1cccc(S(=O)(=O)N2CCCC2)c1)c1ccc(C)s1. The number of nitrogens with one attached hydrogen (secondary N) is 1. The van der Waals surface area contributed by atoms with Crippen LogP contribution in [0.3, 0.4) is 0 Å². The minimum atomic E-state index is -3.55. The van der Waals surface area contributed by atoms with Gasteiger partial charge >= 0.3 is 0 Å². The van der Waals surface area contributed by atoms with Crippen LogP contribution in [0.1, 0.15) is 39.9 Å². The topological polar surface area (TPSA) is 78.8 Å². The molecule has 0 spiro atoms.